The molecule has 1 rings (SSSR count). The Balaban J connectivity index is 0.00000441. The average Bonchev–Trinajstić information content (AvgIpc) is 2.52. The van der Waals surface area contributed by atoms with Crippen LogP contribution in [0, 0.1) is 5.92 Å². The third-order valence-corrected chi connectivity index (χ3v) is 3.66. The van der Waals surface area contributed by atoms with Crippen molar-refractivity contribution in [2.75, 3.05) is 19.7 Å². The Morgan fingerprint density at radius 1 is 1.18 bits per heavy atom. The van der Waals surface area contributed by atoms with Crippen molar-refractivity contribution in [3.63, 3.8) is 0 Å². The maximum Gasteiger partial charge on any atom is 0.191 e. The highest BCUT2D eigenvalue weighted by molar-refractivity contribution is 14.0. The first-order chi connectivity index (χ1) is 10.1. The third-order valence-electron chi connectivity index (χ3n) is 3.66. The SMILES string of the molecule is CCNC(=NCC(C)CO)NC(C)C(C)c1ccccc1.I. The Labute approximate surface area is 151 Å². The van der Waals surface area contributed by atoms with Crippen molar-refractivity contribution in [1.29, 1.82) is 0 Å². The third kappa shape index (κ3) is 7.45. The minimum absolute atomic E-state index is 0. The van der Waals surface area contributed by atoms with Gasteiger partial charge in [-0.15, -0.1) is 24.0 Å². The highest BCUT2D eigenvalue weighted by Crippen LogP contribution is 2.18. The summed E-state index contributed by atoms with van der Waals surface area (Å²) in [5.74, 6) is 1.39. The zero-order valence-electron chi connectivity index (χ0n) is 14.0. The normalized spacial score (nSPS) is 15.4. The summed E-state index contributed by atoms with van der Waals surface area (Å²) in [6, 6.07) is 10.8. The van der Waals surface area contributed by atoms with Gasteiger partial charge >= 0.3 is 0 Å². The molecule has 0 saturated carbocycles. The molecule has 0 amide bonds. The second-order valence-electron chi connectivity index (χ2n) is 5.64. The monoisotopic (exact) mass is 419 g/mol. The second kappa shape index (κ2) is 11.7. The fraction of sp³-hybridized carbons (Fsp3) is 0.588. The molecule has 0 saturated heterocycles. The molecule has 0 aliphatic heterocycles. The zero-order chi connectivity index (χ0) is 15.7. The number of rotatable bonds is 7. The summed E-state index contributed by atoms with van der Waals surface area (Å²) in [4.78, 5) is 4.53. The predicted molar refractivity (Wildman–Crippen MR) is 105 cm³/mol. The second-order valence-corrected chi connectivity index (χ2v) is 5.64. The van der Waals surface area contributed by atoms with Gasteiger partial charge < -0.3 is 15.7 Å². The van der Waals surface area contributed by atoms with E-state index in [0.29, 0.717) is 12.5 Å². The van der Waals surface area contributed by atoms with E-state index in [9.17, 15) is 0 Å². The maximum atomic E-state index is 9.09. The molecule has 1 aromatic rings. The van der Waals surface area contributed by atoms with E-state index in [1.54, 1.807) is 0 Å². The van der Waals surface area contributed by atoms with E-state index < -0.39 is 0 Å². The first-order valence-electron chi connectivity index (χ1n) is 7.79. The molecule has 22 heavy (non-hydrogen) atoms. The molecule has 0 fully saturated rings. The predicted octanol–water partition coefficient (Wildman–Crippen LogP) is 2.98. The minimum atomic E-state index is 0. The average molecular weight is 419 g/mol. The Morgan fingerprint density at radius 2 is 1.82 bits per heavy atom. The summed E-state index contributed by atoms with van der Waals surface area (Å²) >= 11 is 0. The number of benzene rings is 1. The lowest BCUT2D eigenvalue weighted by Gasteiger charge is -2.24. The van der Waals surface area contributed by atoms with Crippen LogP contribution in [0.25, 0.3) is 0 Å². The van der Waals surface area contributed by atoms with Crippen LogP contribution in [0.5, 0.6) is 0 Å². The van der Waals surface area contributed by atoms with Gasteiger partial charge in [-0.25, -0.2) is 0 Å². The molecule has 126 valence electrons. The highest BCUT2D eigenvalue weighted by atomic mass is 127. The molecule has 0 bridgehead atoms. The molecule has 0 aliphatic carbocycles. The molecule has 0 aliphatic rings. The van der Waals surface area contributed by atoms with Crippen LogP contribution in [0.15, 0.2) is 35.3 Å². The van der Waals surface area contributed by atoms with Crippen LogP contribution >= 0.6 is 24.0 Å². The maximum absolute atomic E-state index is 9.09. The van der Waals surface area contributed by atoms with Crippen molar-refractivity contribution in [3.8, 4) is 0 Å². The summed E-state index contributed by atoms with van der Waals surface area (Å²) < 4.78 is 0. The lowest BCUT2D eigenvalue weighted by Crippen LogP contribution is -2.44. The lowest BCUT2D eigenvalue weighted by atomic mass is 9.94. The summed E-state index contributed by atoms with van der Waals surface area (Å²) in [5.41, 5.74) is 1.32. The van der Waals surface area contributed by atoms with Gasteiger partial charge in [-0.2, -0.15) is 0 Å². The molecule has 3 N–H and O–H groups in total. The van der Waals surface area contributed by atoms with E-state index in [0.717, 1.165) is 12.5 Å². The van der Waals surface area contributed by atoms with Crippen LogP contribution in [0.3, 0.4) is 0 Å². The van der Waals surface area contributed by atoms with E-state index in [4.69, 9.17) is 5.11 Å². The Hall–Kier alpha value is -0.820. The fourth-order valence-corrected chi connectivity index (χ4v) is 2.01. The van der Waals surface area contributed by atoms with E-state index >= 15 is 0 Å². The number of aliphatic hydroxyl groups excluding tert-OH is 1. The van der Waals surface area contributed by atoms with Crippen molar-refractivity contribution in [2.24, 2.45) is 10.9 Å². The Bertz CT molecular complexity index is 425. The topological polar surface area (TPSA) is 56.7 Å². The summed E-state index contributed by atoms with van der Waals surface area (Å²) in [6.45, 7) is 10.0. The van der Waals surface area contributed by atoms with Crippen LogP contribution < -0.4 is 10.6 Å². The molecular weight excluding hydrogens is 389 g/mol. The molecule has 1 aromatic carbocycles. The Morgan fingerprint density at radius 3 is 2.36 bits per heavy atom. The molecule has 4 nitrogen and oxygen atoms in total. The summed E-state index contributed by atoms with van der Waals surface area (Å²) in [5, 5.41) is 15.8. The van der Waals surface area contributed by atoms with Gasteiger partial charge in [0.05, 0.1) is 0 Å². The molecule has 3 unspecified atom stereocenters. The van der Waals surface area contributed by atoms with Gasteiger partial charge in [0.1, 0.15) is 0 Å². The van der Waals surface area contributed by atoms with Crippen LogP contribution in [0.4, 0.5) is 0 Å². The molecule has 0 spiro atoms. The molecule has 0 radical (unpaired) electrons. The number of aliphatic imine (C=N–C) groups is 1. The molecular formula is C17H30IN3O. The number of aliphatic hydroxyl groups is 1. The van der Waals surface area contributed by atoms with E-state index in [1.165, 1.54) is 5.56 Å². The van der Waals surface area contributed by atoms with E-state index in [2.05, 4.69) is 60.7 Å². The van der Waals surface area contributed by atoms with Crippen LogP contribution in [-0.4, -0.2) is 36.8 Å². The number of hydrogen-bond acceptors (Lipinski definition) is 2. The largest absolute Gasteiger partial charge is 0.396 e. The number of nitrogens with one attached hydrogen (secondary N) is 2. The number of nitrogens with zero attached hydrogens (tertiary/aromatic N) is 1. The van der Waals surface area contributed by atoms with Crippen LogP contribution in [0.1, 0.15) is 39.2 Å². The standard InChI is InChI=1S/C17H29N3O.HI/c1-5-18-17(19-11-13(2)12-21)20-15(4)14(3)16-9-7-6-8-10-16;/h6-10,13-15,21H,5,11-12H2,1-4H3,(H2,18,19,20);1H. The van der Waals surface area contributed by atoms with Gasteiger partial charge in [-0.3, -0.25) is 4.99 Å². The first-order valence-corrected chi connectivity index (χ1v) is 7.79. The van der Waals surface area contributed by atoms with Crippen molar-refractivity contribution < 1.29 is 5.11 Å². The molecule has 0 aromatic heterocycles. The zero-order valence-corrected chi connectivity index (χ0v) is 16.4. The number of halogens is 1. The quantitative estimate of drug-likeness (QED) is 0.362. The van der Waals surface area contributed by atoms with E-state index in [-0.39, 0.29) is 42.5 Å². The van der Waals surface area contributed by atoms with E-state index in [1.807, 2.05) is 13.0 Å². The first kappa shape index (κ1) is 21.2. The number of guanidine groups is 1. The van der Waals surface area contributed by atoms with Crippen molar-refractivity contribution >= 4 is 29.9 Å². The minimum Gasteiger partial charge on any atom is -0.396 e. The molecule has 5 heteroatoms. The van der Waals surface area contributed by atoms with Gasteiger partial charge in [0.25, 0.3) is 0 Å². The van der Waals surface area contributed by atoms with Gasteiger partial charge in [0, 0.05) is 31.7 Å². The smallest absolute Gasteiger partial charge is 0.191 e. The van der Waals surface area contributed by atoms with Crippen molar-refractivity contribution in [1.82, 2.24) is 10.6 Å². The fourth-order valence-electron chi connectivity index (χ4n) is 2.01. The summed E-state index contributed by atoms with van der Waals surface area (Å²) in [7, 11) is 0. The molecule has 3 atom stereocenters. The van der Waals surface area contributed by atoms with Gasteiger partial charge in [-0.05, 0) is 25.3 Å². The van der Waals surface area contributed by atoms with Gasteiger partial charge in [0.2, 0.25) is 0 Å². The van der Waals surface area contributed by atoms with Gasteiger partial charge in [-0.1, -0.05) is 44.2 Å². The summed E-state index contributed by atoms with van der Waals surface area (Å²) in [6.07, 6.45) is 0. The van der Waals surface area contributed by atoms with Crippen LogP contribution in [-0.2, 0) is 0 Å². The number of hydrogen-bond donors (Lipinski definition) is 3. The Kier molecular flexibility index (Phi) is 11.3. The van der Waals surface area contributed by atoms with Crippen molar-refractivity contribution in [3.05, 3.63) is 35.9 Å². The molecule has 0 heterocycles. The van der Waals surface area contributed by atoms with Gasteiger partial charge in [0.15, 0.2) is 5.96 Å². The lowest BCUT2D eigenvalue weighted by molar-refractivity contribution is 0.241. The van der Waals surface area contributed by atoms with Crippen LogP contribution in [0.2, 0.25) is 0 Å². The van der Waals surface area contributed by atoms with Crippen molar-refractivity contribution in [2.45, 2.75) is 39.7 Å². The highest BCUT2D eigenvalue weighted by Gasteiger charge is 2.15.